The molecule has 1 aromatic heterocycles. The fraction of sp³-hybridized carbons (Fsp3) is 0.133. The second-order valence-electron chi connectivity index (χ2n) is 9.12. The summed E-state index contributed by atoms with van der Waals surface area (Å²) in [5, 5.41) is 13.5. The lowest BCUT2D eigenvalue weighted by molar-refractivity contribution is -0.117. The summed E-state index contributed by atoms with van der Waals surface area (Å²) in [6.07, 6.45) is 1.30. The highest BCUT2D eigenvalue weighted by Gasteiger charge is 2.26. The highest BCUT2D eigenvalue weighted by molar-refractivity contribution is 7.89. The number of nitriles is 1. The molecule has 0 aliphatic carbocycles. The number of sulfonamides is 1. The fourth-order valence-corrected chi connectivity index (χ4v) is 5.67. The Morgan fingerprint density at radius 3 is 2.27 bits per heavy atom. The van der Waals surface area contributed by atoms with E-state index in [0.717, 1.165) is 11.1 Å². The number of aryl methyl sites for hydroxylation is 1. The SMILES string of the molecule is Cc1ccc(S(=O)(=O)N(Cc2ccc(Cl)c(Cl)c2)Cc2ccc(/C=C(/C#N)C(=O)NCc3ccc(Cl)cc3)o2)cc1. The number of furan rings is 1. The van der Waals surface area contributed by atoms with Crippen LogP contribution in [0.5, 0.6) is 0 Å². The van der Waals surface area contributed by atoms with Gasteiger partial charge in [0.2, 0.25) is 10.0 Å². The number of rotatable bonds is 10. The minimum Gasteiger partial charge on any atom is -0.460 e. The smallest absolute Gasteiger partial charge is 0.262 e. The number of amides is 1. The highest BCUT2D eigenvalue weighted by atomic mass is 35.5. The Balaban J connectivity index is 1.55. The molecular formula is C30H24Cl3N3O4S. The van der Waals surface area contributed by atoms with Crippen LogP contribution in [0.2, 0.25) is 15.1 Å². The molecule has 0 unspecified atom stereocenters. The van der Waals surface area contributed by atoms with Crippen LogP contribution in [0.25, 0.3) is 6.08 Å². The van der Waals surface area contributed by atoms with Gasteiger partial charge in [0, 0.05) is 24.2 Å². The largest absolute Gasteiger partial charge is 0.460 e. The first kappa shape index (κ1) is 30.4. The number of hydrogen-bond acceptors (Lipinski definition) is 5. The molecule has 0 saturated carbocycles. The molecule has 0 bridgehead atoms. The van der Waals surface area contributed by atoms with Crippen molar-refractivity contribution in [3.63, 3.8) is 0 Å². The lowest BCUT2D eigenvalue weighted by Gasteiger charge is -2.22. The summed E-state index contributed by atoms with van der Waals surface area (Å²) in [6, 6.07) is 23.4. The molecule has 210 valence electrons. The van der Waals surface area contributed by atoms with Crippen LogP contribution in [0.15, 0.2) is 93.7 Å². The van der Waals surface area contributed by atoms with E-state index in [9.17, 15) is 18.5 Å². The predicted molar refractivity (Wildman–Crippen MR) is 160 cm³/mol. The van der Waals surface area contributed by atoms with Crippen LogP contribution in [0.3, 0.4) is 0 Å². The van der Waals surface area contributed by atoms with Gasteiger partial charge in [-0.05, 0) is 66.6 Å². The lowest BCUT2D eigenvalue weighted by atomic mass is 10.2. The zero-order chi connectivity index (χ0) is 29.6. The number of halogens is 3. The molecule has 0 radical (unpaired) electrons. The number of carbonyl (C=O) groups excluding carboxylic acids is 1. The number of benzene rings is 3. The predicted octanol–water partition coefficient (Wildman–Crippen LogP) is 7.16. The first-order chi connectivity index (χ1) is 19.5. The Morgan fingerprint density at radius 1 is 0.927 bits per heavy atom. The molecule has 0 fully saturated rings. The average Bonchev–Trinajstić information content (AvgIpc) is 3.40. The minimum absolute atomic E-state index is 0.00444. The van der Waals surface area contributed by atoms with E-state index in [2.05, 4.69) is 5.32 Å². The van der Waals surface area contributed by atoms with Crippen molar-refractivity contribution in [1.29, 1.82) is 5.26 Å². The van der Waals surface area contributed by atoms with Gasteiger partial charge < -0.3 is 9.73 Å². The van der Waals surface area contributed by atoms with Gasteiger partial charge >= 0.3 is 0 Å². The summed E-state index contributed by atoms with van der Waals surface area (Å²) in [4.78, 5) is 12.7. The maximum atomic E-state index is 13.6. The van der Waals surface area contributed by atoms with Crippen LogP contribution in [0, 0.1) is 18.3 Å². The highest BCUT2D eigenvalue weighted by Crippen LogP contribution is 2.27. The third kappa shape index (κ3) is 8.00. The molecule has 4 rings (SSSR count). The summed E-state index contributed by atoms with van der Waals surface area (Å²) in [5.41, 5.74) is 2.20. The normalized spacial score (nSPS) is 11.9. The van der Waals surface area contributed by atoms with E-state index in [1.54, 1.807) is 78.9 Å². The van der Waals surface area contributed by atoms with Crippen LogP contribution >= 0.6 is 34.8 Å². The number of hydrogen-bond donors (Lipinski definition) is 1. The van der Waals surface area contributed by atoms with Gasteiger partial charge in [-0.3, -0.25) is 4.79 Å². The molecule has 4 aromatic rings. The molecule has 3 aromatic carbocycles. The van der Waals surface area contributed by atoms with E-state index < -0.39 is 15.9 Å². The second kappa shape index (κ2) is 13.4. The van der Waals surface area contributed by atoms with E-state index in [1.165, 1.54) is 10.4 Å². The summed E-state index contributed by atoms with van der Waals surface area (Å²) in [5.74, 6) is -0.0464. The van der Waals surface area contributed by atoms with Gasteiger partial charge in [0.15, 0.2) is 0 Å². The third-order valence-electron chi connectivity index (χ3n) is 6.03. The molecule has 1 N–H and O–H groups in total. The molecule has 7 nitrogen and oxygen atoms in total. The van der Waals surface area contributed by atoms with Crippen molar-refractivity contribution in [1.82, 2.24) is 9.62 Å². The van der Waals surface area contributed by atoms with Gasteiger partial charge in [-0.1, -0.05) is 70.7 Å². The van der Waals surface area contributed by atoms with Crippen LogP contribution in [-0.4, -0.2) is 18.6 Å². The quantitative estimate of drug-likeness (QED) is 0.148. The van der Waals surface area contributed by atoms with Crippen LogP contribution in [-0.2, 0) is 34.5 Å². The summed E-state index contributed by atoms with van der Waals surface area (Å²) in [7, 11) is -3.95. The Kier molecular flexibility index (Phi) is 9.92. The van der Waals surface area contributed by atoms with E-state index in [4.69, 9.17) is 39.2 Å². The molecule has 1 heterocycles. The Hall–Kier alpha value is -3.58. The molecule has 0 atom stereocenters. The first-order valence-electron chi connectivity index (χ1n) is 12.3. The second-order valence-corrected chi connectivity index (χ2v) is 12.3. The monoisotopic (exact) mass is 627 g/mol. The zero-order valence-electron chi connectivity index (χ0n) is 21.8. The summed E-state index contributed by atoms with van der Waals surface area (Å²) >= 11 is 18.1. The molecule has 41 heavy (non-hydrogen) atoms. The summed E-state index contributed by atoms with van der Waals surface area (Å²) < 4.78 is 34.4. The topological polar surface area (TPSA) is 103 Å². The van der Waals surface area contributed by atoms with Gasteiger partial charge in [0.05, 0.1) is 21.5 Å². The molecule has 11 heteroatoms. The Morgan fingerprint density at radius 2 is 1.61 bits per heavy atom. The summed E-state index contributed by atoms with van der Waals surface area (Å²) in [6.45, 7) is 1.96. The molecule has 0 spiro atoms. The van der Waals surface area contributed by atoms with Gasteiger partial charge in [-0.2, -0.15) is 9.57 Å². The number of nitrogens with zero attached hydrogens (tertiary/aromatic N) is 2. The maximum Gasteiger partial charge on any atom is 0.262 e. The van der Waals surface area contributed by atoms with E-state index in [1.807, 2.05) is 13.0 Å². The van der Waals surface area contributed by atoms with E-state index in [0.29, 0.717) is 26.4 Å². The average molecular weight is 629 g/mol. The van der Waals surface area contributed by atoms with Crippen molar-refractivity contribution in [2.75, 3.05) is 0 Å². The van der Waals surface area contributed by atoms with Crippen molar-refractivity contribution in [2.45, 2.75) is 31.5 Å². The van der Waals surface area contributed by atoms with Crippen molar-refractivity contribution in [3.05, 3.63) is 128 Å². The zero-order valence-corrected chi connectivity index (χ0v) is 24.9. The van der Waals surface area contributed by atoms with Gasteiger partial charge in [-0.25, -0.2) is 8.42 Å². The lowest BCUT2D eigenvalue weighted by Crippen LogP contribution is -2.30. The minimum atomic E-state index is -3.95. The molecular weight excluding hydrogens is 605 g/mol. The third-order valence-corrected chi connectivity index (χ3v) is 8.83. The number of nitrogens with one attached hydrogen (secondary N) is 1. The standard InChI is InChI=1S/C30H24Cl3N3O4S/c1-20-2-11-27(12-3-20)41(38,39)36(18-22-6-13-28(32)29(33)14-22)19-26-10-9-25(40-26)15-23(16-34)30(37)35-17-21-4-7-24(31)8-5-21/h2-15H,17-19H2,1H3,(H,35,37)/b23-15-. The molecule has 0 aliphatic rings. The molecule has 1 amide bonds. The van der Waals surface area contributed by atoms with Crippen LogP contribution in [0.1, 0.15) is 28.2 Å². The van der Waals surface area contributed by atoms with Crippen molar-refractivity contribution in [3.8, 4) is 6.07 Å². The molecule has 0 saturated heterocycles. The number of carbonyl (C=O) groups is 1. The first-order valence-corrected chi connectivity index (χ1v) is 14.9. The Bertz CT molecular complexity index is 1730. The maximum absolute atomic E-state index is 13.6. The van der Waals surface area contributed by atoms with E-state index in [-0.39, 0.29) is 35.9 Å². The fourth-order valence-electron chi connectivity index (χ4n) is 3.83. The van der Waals surface area contributed by atoms with Crippen molar-refractivity contribution >= 4 is 56.8 Å². The van der Waals surface area contributed by atoms with Crippen molar-refractivity contribution in [2.24, 2.45) is 0 Å². The Labute approximate surface area is 253 Å². The van der Waals surface area contributed by atoms with Crippen molar-refractivity contribution < 1.29 is 17.6 Å². The van der Waals surface area contributed by atoms with Gasteiger partial charge in [-0.15, -0.1) is 0 Å². The molecule has 0 aliphatic heterocycles. The van der Waals surface area contributed by atoms with E-state index >= 15 is 0 Å². The van der Waals surface area contributed by atoms with Crippen LogP contribution < -0.4 is 5.32 Å². The van der Waals surface area contributed by atoms with Gasteiger partial charge in [0.25, 0.3) is 5.91 Å². The van der Waals surface area contributed by atoms with Gasteiger partial charge in [0.1, 0.15) is 23.2 Å². The van der Waals surface area contributed by atoms with Crippen LogP contribution in [0.4, 0.5) is 0 Å².